The molecule has 0 aliphatic carbocycles. The molecule has 1 amide bonds. The first-order valence-electron chi connectivity index (χ1n) is 10.5. The molecular formula is C23H30ClN4O3P. The third-order valence-corrected chi connectivity index (χ3v) is 6.55. The quantitative estimate of drug-likeness (QED) is 0.349. The van der Waals surface area contributed by atoms with E-state index < -0.39 is 18.8 Å². The fraction of sp³-hybridized carbons (Fsp3) is 0.435. The summed E-state index contributed by atoms with van der Waals surface area (Å²) < 4.78 is 19.9. The van der Waals surface area contributed by atoms with Crippen LogP contribution >= 0.6 is 18.7 Å². The molecule has 3 rings (SSSR count). The van der Waals surface area contributed by atoms with E-state index in [0.29, 0.717) is 11.5 Å². The maximum Gasteiger partial charge on any atom is 0.416 e. The Morgan fingerprint density at radius 1 is 1.25 bits per heavy atom. The van der Waals surface area contributed by atoms with E-state index in [-0.39, 0.29) is 17.6 Å². The van der Waals surface area contributed by atoms with Gasteiger partial charge < -0.3 is 9.30 Å². The number of hydrogen-bond donors (Lipinski definition) is 0. The molecule has 0 spiro atoms. The van der Waals surface area contributed by atoms with Gasteiger partial charge in [-0.25, -0.2) is 9.78 Å². The first-order chi connectivity index (χ1) is 14.8. The van der Waals surface area contributed by atoms with Gasteiger partial charge in [0.15, 0.2) is 5.65 Å². The van der Waals surface area contributed by atoms with Crippen LogP contribution in [0.5, 0.6) is 0 Å². The topological polar surface area (TPSA) is 76.8 Å². The van der Waals surface area contributed by atoms with Crippen molar-refractivity contribution < 1.29 is 14.1 Å². The van der Waals surface area contributed by atoms with Crippen molar-refractivity contribution in [2.24, 2.45) is 0 Å². The van der Waals surface area contributed by atoms with E-state index >= 15 is 0 Å². The summed E-state index contributed by atoms with van der Waals surface area (Å²) in [6.45, 7) is 13.2. The van der Waals surface area contributed by atoms with Crippen molar-refractivity contribution in [1.82, 2.24) is 14.6 Å². The van der Waals surface area contributed by atoms with Crippen LogP contribution in [-0.2, 0) is 15.8 Å². The Hall–Kier alpha value is -2.37. The molecule has 7 nitrogen and oxygen atoms in total. The van der Waals surface area contributed by atoms with Gasteiger partial charge in [-0.15, -0.1) is 0 Å². The number of ether oxygens (including phenoxy) is 1. The van der Waals surface area contributed by atoms with Crippen LogP contribution in [0.15, 0.2) is 36.5 Å². The van der Waals surface area contributed by atoms with E-state index in [2.05, 4.69) is 10.1 Å². The molecule has 9 heteroatoms. The molecule has 0 saturated heterocycles. The standard InChI is InChI=1S/C23H30ClN4O3P/c1-15(2)18-13-25-28-20(12-19(24)26-21(18)28)27(22(29)31-23(3,4)5)14-16-9-8-10-17(11-16)32(6,7)30/h8-13,15H,14H2,1-7H3. The summed E-state index contributed by atoms with van der Waals surface area (Å²) in [5.41, 5.74) is 1.65. The number of anilines is 1. The van der Waals surface area contributed by atoms with E-state index in [1.165, 1.54) is 4.90 Å². The summed E-state index contributed by atoms with van der Waals surface area (Å²) in [5.74, 6) is 0.629. The van der Waals surface area contributed by atoms with Gasteiger partial charge in [-0.3, -0.25) is 4.90 Å². The molecule has 0 aliphatic heterocycles. The highest BCUT2D eigenvalue weighted by atomic mass is 35.5. The van der Waals surface area contributed by atoms with Crippen molar-refractivity contribution in [3.05, 3.63) is 52.8 Å². The van der Waals surface area contributed by atoms with Gasteiger partial charge in [-0.05, 0) is 51.6 Å². The van der Waals surface area contributed by atoms with E-state index in [1.54, 1.807) is 30.1 Å². The molecule has 32 heavy (non-hydrogen) atoms. The smallest absolute Gasteiger partial charge is 0.416 e. The van der Waals surface area contributed by atoms with Crippen LogP contribution in [0.4, 0.5) is 10.6 Å². The summed E-state index contributed by atoms with van der Waals surface area (Å²) in [6, 6.07) is 9.04. The number of benzene rings is 1. The van der Waals surface area contributed by atoms with Gasteiger partial charge in [0.05, 0.1) is 12.7 Å². The Balaban J connectivity index is 2.15. The molecule has 2 aromatic heterocycles. The molecule has 3 aromatic rings. The Labute approximate surface area is 194 Å². The molecule has 0 atom stereocenters. The molecule has 0 fully saturated rings. The van der Waals surface area contributed by atoms with Crippen molar-refractivity contribution in [2.45, 2.75) is 52.7 Å². The van der Waals surface area contributed by atoms with Gasteiger partial charge in [0.1, 0.15) is 23.7 Å². The lowest BCUT2D eigenvalue weighted by Gasteiger charge is -2.28. The second-order valence-corrected chi connectivity index (χ2v) is 13.1. The summed E-state index contributed by atoms with van der Waals surface area (Å²) in [4.78, 5) is 19.2. The third-order valence-electron chi connectivity index (χ3n) is 4.83. The Morgan fingerprint density at radius 2 is 1.94 bits per heavy atom. The number of amides is 1. The second kappa shape index (κ2) is 8.87. The van der Waals surface area contributed by atoms with Gasteiger partial charge >= 0.3 is 6.09 Å². The van der Waals surface area contributed by atoms with Crippen molar-refractivity contribution in [3.63, 3.8) is 0 Å². The van der Waals surface area contributed by atoms with Gasteiger partial charge in [-0.1, -0.05) is 43.6 Å². The van der Waals surface area contributed by atoms with Crippen LogP contribution in [-0.4, -0.2) is 39.6 Å². The maximum absolute atomic E-state index is 13.3. The van der Waals surface area contributed by atoms with Crippen LogP contribution in [0, 0.1) is 0 Å². The number of aromatic nitrogens is 3. The first kappa shape index (κ1) is 24.3. The Kier molecular flexibility index (Phi) is 6.73. The molecule has 0 N–H and O–H groups in total. The largest absolute Gasteiger partial charge is 0.443 e. The number of nitrogens with zero attached hydrogens (tertiary/aromatic N) is 4. The fourth-order valence-electron chi connectivity index (χ4n) is 3.26. The minimum Gasteiger partial charge on any atom is -0.443 e. The zero-order valence-electron chi connectivity index (χ0n) is 19.6. The summed E-state index contributed by atoms with van der Waals surface area (Å²) >= 11 is 6.36. The number of rotatable bonds is 5. The van der Waals surface area contributed by atoms with E-state index in [0.717, 1.165) is 16.4 Å². The van der Waals surface area contributed by atoms with Crippen LogP contribution < -0.4 is 10.2 Å². The molecular weight excluding hydrogens is 447 g/mol. The van der Waals surface area contributed by atoms with Gasteiger partial charge in [0.2, 0.25) is 0 Å². The Morgan fingerprint density at radius 3 is 2.53 bits per heavy atom. The maximum atomic E-state index is 13.3. The first-order valence-corrected chi connectivity index (χ1v) is 13.4. The number of carbonyl (C=O) groups excluding carboxylic acids is 1. The third kappa shape index (κ3) is 5.51. The minimum absolute atomic E-state index is 0.182. The van der Waals surface area contributed by atoms with Gasteiger partial charge in [-0.2, -0.15) is 9.61 Å². The predicted molar refractivity (Wildman–Crippen MR) is 130 cm³/mol. The highest BCUT2D eigenvalue weighted by Gasteiger charge is 2.27. The number of halogens is 1. The molecule has 0 bridgehead atoms. The number of fused-ring (bicyclic) bond motifs is 1. The number of carbonyl (C=O) groups is 1. The van der Waals surface area contributed by atoms with Crippen molar-refractivity contribution >= 4 is 41.6 Å². The zero-order valence-corrected chi connectivity index (χ0v) is 21.2. The predicted octanol–water partition coefficient (Wildman–Crippen LogP) is 5.70. The summed E-state index contributed by atoms with van der Waals surface area (Å²) in [5, 5.41) is 5.48. The van der Waals surface area contributed by atoms with Crippen LogP contribution in [0.2, 0.25) is 5.15 Å². The summed E-state index contributed by atoms with van der Waals surface area (Å²) in [6.07, 6.45) is 1.20. The normalized spacial score (nSPS) is 12.4. The van der Waals surface area contributed by atoms with E-state index in [9.17, 15) is 9.36 Å². The van der Waals surface area contributed by atoms with Crippen LogP contribution in [0.25, 0.3) is 5.65 Å². The molecule has 0 radical (unpaired) electrons. The molecule has 172 valence electrons. The van der Waals surface area contributed by atoms with Crippen molar-refractivity contribution in [2.75, 3.05) is 18.2 Å². The average molecular weight is 477 g/mol. The van der Waals surface area contributed by atoms with Gasteiger partial charge in [0.25, 0.3) is 0 Å². The van der Waals surface area contributed by atoms with Crippen LogP contribution in [0.1, 0.15) is 51.7 Å². The second-order valence-electron chi connectivity index (χ2n) is 9.51. The lowest BCUT2D eigenvalue weighted by Crippen LogP contribution is -2.37. The number of hydrogen-bond acceptors (Lipinski definition) is 5. The zero-order chi connectivity index (χ0) is 23.8. The van der Waals surface area contributed by atoms with Gasteiger partial charge in [0, 0.05) is 16.9 Å². The highest BCUT2D eigenvalue weighted by Crippen LogP contribution is 2.35. The lowest BCUT2D eigenvalue weighted by atomic mass is 10.1. The SMILES string of the molecule is CC(C)c1cnn2c(N(Cc3cccc(P(C)(C)=O)c3)C(=O)OC(C)(C)C)cc(Cl)nc12. The van der Waals surface area contributed by atoms with E-state index in [4.69, 9.17) is 16.3 Å². The molecule has 0 unspecified atom stereocenters. The van der Waals surface area contributed by atoms with E-state index in [1.807, 2.05) is 58.9 Å². The average Bonchev–Trinajstić information content (AvgIpc) is 3.07. The highest BCUT2D eigenvalue weighted by molar-refractivity contribution is 7.70. The van der Waals surface area contributed by atoms with Crippen LogP contribution in [0.3, 0.4) is 0 Å². The molecule has 1 aromatic carbocycles. The molecule has 0 saturated carbocycles. The fourth-order valence-corrected chi connectivity index (χ4v) is 4.36. The molecule has 0 aliphatic rings. The van der Waals surface area contributed by atoms with Crippen molar-refractivity contribution in [3.8, 4) is 0 Å². The van der Waals surface area contributed by atoms with Crippen molar-refractivity contribution in [1.29, 1.82) is 0 Å². The lowest BCUT2D eigenvalue weighted by molar-refractivity contribution is 0.0575. The monoisotopic (exact) mass is 476 g/mol. The Bertz CT molecular complexity index is 1190. The minimum atomic E-state index is -2.46. The molecule has 2 heterocycles. The summed E-state index contributed by atoms with van der Waals surface area (Å²) in [7, 11) is -2.46.